The molecule has 0 unspecified atom stereocenters. The van der Waals surface area contributed by atoms with E-state index in [0.717, 1.165) is 18.2 Å². The number of halogens is 4. The van der Waals surface area contributed by atoms with Gasteiger partial charge in [0.05, 0.1) is 11.6 Å². The maximum absolute atomic E-state index is 13.1. The van der Waals surface area contributed by atoms with Crippen LogP contribution in [-0.2, 0) is 13.2 Å². The molecule has 2 aromatic rings. The van der Waals surface area contributed by atoms with Gasteiger partial charge in [-0.3, -0.25) is 0 Å². The highest BCUT2D eigenvalue weighted by Crippen LogP contribution is 2.33. The van der Waals surface area contributed by atoms with Gasteiger partial charge in [0, 0.05) is 16.7 Å². The lowest BCUT2D eigenvalue weighted by Gasteiger charge is -2.12. The number of aliphatic hydroxyl groups excluding tert-OH is 1. The Kier molecular flexibility index (Phi) is 4.81. The van der Waals surface area contributed by atoms with E-state index in [1.807, 2.05) is 0 Å². The van der Waals surface area contributed by atoms with E-state index in [1.54, 1.807) is 0 Å². The van der Waals surface area contributed by atoms with Crippen molar-refractivity contribution in [1.29, 1.82) is 0 Å². The SMILES string of the molecule is OCc1cc(Cl)cc(Cl)c1OCc1cc(F)cc(F)c1. The van der Waals surface area contributed by atoms with Crippen molar-refractivity contribution in [2.45, 2.75) is 13.2 Å². The summed E-state index contributed by atoms with van der Waals surface area (Å²) in [4.78, 5) is 0. The van der Waals surface area contributed by atoms with Crippen LogP contribution in [0.1, 0.15) is 11.1 Å². The lowest BCUT2D eigenvalue weighted by Crippen LogP contribution is -2.01. The van der Waals surface area contributed by atoms with Gasteiger partial charge in [0.15, 0.2) is 0 Å². The molecule has 6 heteroatoms. The molecule has 0 amide bonds. The van der Waals surface area contributed by atoms with Crippen molar-refractivity contribution in [3.8, 4) is 5.75 Å². The number of aliphatic hydroxyl groups is 1. The molecule has 0 aliphatic carbocycles. The normalized spacial score (nSPS) is 10.7. The minimum Gasteiger partial charge on any atom is -0.487 e. The van der Waals surface area contributed by atoms with Crippen LogP contribution in [0.2, 0.25) is 10.0 Å². The van der Waals surface area contributed by atoms with Gasteiger partial charge in [-0.05, 0) is 29.8 Å². The number of hydrogen-bond acceptors (Lipinski definition) is 2. The van der Waals surface area contributed by atoms with Crippen LogP contribution in [0.4, 0.5) is 8.78 Å². The summed E-state index contributed by atoms with van der Waals surface area (Å²) < 4.78 is 31.5. The van der Waals surface area contributed by atoms with Gasteiger partial charge in [-0.1, -0.05) is 23.2 Å². The van der Waals surface area contributed by atoms with Crippen LogP contribution in [-0.4, -0.2) is 5.11 Å². The Labute approximate surface area is 124 Å². The molecule has 0 aliphatic heterocycles. The van der Waals surface area contributed by atoms with Crippen molar-refractivity contribution in [2.24, 2.45) is 0 Å². The zero-order valence-electron chi connectivity index (χ0n) is 10.2. The third-order valence-corrected chi connectivity index (χ3v) is 3.06. The van der Waals surface area contributed by atoms with Gasteiger partial charge in [-0.15, -0.1) is 0 Å². The van der Waals surface area contributed by atoms with Crippen LogP contribution in [0.5, 0.6) is 5.75 Å². The Balaban J connectivity index is 2.22. The zero-order chi connectivity index (χ0) is 14.7. The maximum Gasteiger partial charge on any atom is 0.144 e. The van der Waals surface area contributed by atoms with Crippen molar-refractivity contribution in [2.75, 3.05) is 0 Å². The average Bonchev–Trinajstić information content (AvgIpc) is 2.35. The van der Waals surface area contributed by atoms with Crippen LogP contribution in [0.15, 0.2) is 30.3 Å². The Bertz CT molecular complexity index is 613. The molecule has 0 aliphatic rings. The summed E-state index contributed by atoms with van der Waals surface area (Å²) in [6.07, 6.45) is 0. The maximum atomic E-state index is 13.1. The van der Waals surface area contributed by atoms with E-state index in [9.17, 15) is 13.9 Å². The quantitative estimate of drug-likeness (QED) is 0.908. The van der Waals surface area contributed by atoms with Crippen molar-refractivity contribution in [3.05, 3.63) is 63.1 Å². The van der Waals surface area contributed by atoms with Crippen LogP contribution < -0.4 is 4.74 Å². The summed E-state index contributed by atoms with van der Waals surface area (Å²) >= 11 is 11.8. The van der Waals surface area contributed by atoms with Gasteiger partial charge < -0.3 is 9.84 Å². The second kappa shape index (κ2) is 6.39. The van der Waals surface area contributed by atoms with Crippen molar-refractivity contribution >= 4 is 23.2 Å². The van der Waals surface area contributed by atoms with E-state index in [2.05, 4.69) is 0 Å². The molecule has 0 radical (unpaired) electrons. The minimum absolute atomic E-state index is 0.0803. The molecule has 106 valence electrons. The first-order valence-electron chi connectivity index (χ1n) is 5.66. The number of rotatable bonds is 4. The third-order valence-electron chi connectivity index (χ3n) is 2.56. The second-order valence-corrected chi connectivity index (χ2v) is 4.94. The average molecular weight is 319 g/mol. The molecule has 0 heterocycles. The smallest absolute Gasteiger partial charge is 0.144 e. The number of hydrogen-bond donors (Lipinski definition) is 1. The largest absolute Gasteiger partial charge is 0.487 e. The van der Waals surface area contributed by atoms with Gasteiger partial charge in [0.1, 0.15) is 24.0 Å². The Hall–Kier alpha value is -1.36. The summed E-state index contributed by atoms with van der Waals surface area (Å²) in [5, 5.41) is 9.82. The molecule has 0 bridgehead atoms. The summed E-state index contributed by atoms with van der Waals surface area (Å²) in [5.41, 5.74) is 0.719. The third kappa shape index (κ3) is 3.60. The lowest BCUT2D eigenvalue weighted by molar-refractivity contribution is 0.258. The first-order chi connectivity index (χ1) is 9.49. The van der Waals surface area contributed by atoms with E-state index < -0.39 is 11.6 Å². The van der Waals surface area contributed by atoms with E-state index >= 15 is 0 Å². The van der Waals surface area contributed by atoms with Gasteiger partial charge in [-0.2, -0.15) is 0 Å². The molecular formula is C14H10Cl2F2O2. The van der Waals surface area contributed by atoms with E-state index in [4.69, 9.17) is 27.9 Å². The Morgan fingerprint density at radius 2 is 1.65 bits per heavy atom. The first kappa shape index (κ1) is 15.0. The van der Waals surface area contributed by atoms with Gasteiger partial charge >= 0.3 is 0 Å². The molecule has 1 N–H and O–H groups in total. The van der Waals surface area contributed by atoms with Crippen molar-refractivity contribution in [3.63, 3.8) is 0 Å². The lowest BCUT2D eigenvalue weighted by atomic mass is 10.2. The van der Waals surface area contributed by atoms with Crippen LogP contribution in [0.25, 0.3) is 0 Å². The van der Waals surface area contributed by atoms with E-state index in [-0.39, 0.29) is 24.0 Å². The molecule has 0 atom stereocenters. The summed E-state index contributed by atoms with van der Waals surface area (Å²) in [5.74, 6) is -1.13. The molecule has 0 saturated heterocycles. The molecule has 2 aromatic carbocycles. The molecule has 0 saturated carbocycles. The monoisotopic (exact) mass is 318 g/mol. The van der Waals surface area contributed by atoms with Crippen LogP contribution in [0, 0.1) is 11.6 Å². The van der Waals surface area contributed by atoms with Gasteiger partial charge in [-0.25, -0.2) is 8.78 Å². The number of ether oxygens (including phenoxy) is 1. The molecule has 0 fully saturated rings. The van der Waals surface area contributed by atoms with Crippen LogP contribution in [0.3, 0.4) is 0 Å². The summed E-state index contributed by atoms with van der Waals surface area (Å²) in [7, 11) is 0. The highest BCUT2D eigenvalue weighted by molar-refractivity contribution is 6.35. The molecule has 0 aromatic heterocycles. The Morgan fingerprint density at radius 3 is 2.25 bits per heavy atom. The Morgan fingerprint density at radius 1 is 1.00 bits per heavy atom. The topological polar surface area (TPSA) is 29.5 Å². The van der Waals surface area contributed by atoms with Crippen molar-refractivity contribution < 1.29 is 18.6 Å². The highest BCUT2D eigenvalue weighted by Gasteiger charge is 2.11. The molecular weight excluding hydrogens is 309 g/mol. The molecule has 20 heavy (non-hydrogen) atoms. The van der Waals surface area contributed by atoms with Crippen molar-refractivity contribution in [1.82, 2.24) is 0 Å². The summed E-state index contributed by atoms with van der Waals surface area (Å²) in [6.45, 7) is -0.393. The number of benzene rings is 2. The van der Waals surface area contributed by atoms with E-state index in [0.29, 0.717) is 16.1 Å². The first-order valence-corrected chi connectivity index (χ1v) is 6.41. The predicted molar refractivity (Wildman–Crippen MR) is 73.1 cm³/mol. The molecule has 0 spiro atoms. The minimum atomic E-state index is -0.687. The van der Waals surface area contributed by atoms with Crippen LogP contribution >= 0.6 is 23.2 Å². The fourth-order valence-electron chi connectivity index (χ4n) is 1.74. The second-order valence-electron chi connectivity index (χ2n) is 4.10. The van der Waals surface area contributed by atoms with Gasteiger partial charge in [0.25, 0.3) is 0 Å². The molecule has 2 nitrogen and oxygen atoms in total. The standard InChI is InChI=1S/C14H10Cl2F2O2/c15-10-3-9(6-19)14(13(16)4-10)20-7-8-1-11(17)5-12(18)2-8/h1-5,19H,6-7H2. The van der Waals surface area contributed by atoms with Gasteiger partial charge in [0.2, 0.25) is 0 Å². The van der Waals surface area contributed by atoms with E-state index in [1.165, 1.54) is 12.1 Å². The predicted octanol–water partition coefficient (Wildman–Crippen LogP) is 4.34. The fourth-order valence-corrected chi connectivity index (χ4v) is 2.33. The highest BCUT2D eigenvalue weighted by atomic mass is 35.5. The summed E-state index contributed by atoms with van der Waals surface area (Å²) in [6, 6.07) is 6.06. The molecule has 2 rings (SSSR count). The zero-order valence-corrected chi connectivity index (χ0v) is 11.7. The fraction of sp³-hybridized carbons (Fsp3) is 0.143.